The van der Waals surface area contributed by atoms with Gasteiger partial charge in [-0.3, -0.25) is 15.1 Å². The molecule has 162 valence electrons. The number of carbonyl (C=O) groups is 1. The molecule has 5 rings (SSSR count). The van der Waals surface area contributed by atoms with Gasteiger partial charge in [0, 0.05) is 49.2 Å². The van der Waals surface area contributed by atoms with Crippen molar-refractivity contribution in [2.75, 3.05) is 16.8 Å². The van der Waals surface area contributed by atoms with Crippen LogP contribution in [-0.4, -0.2) is 38.2 Å². The second-order valence-electron chi connectivity index (χ2n) is 7.80. The zero-order chi connectivity index (χ0) is 21.9. The summed E-state index contributed by atoms with van der Waals surface area (Å²) in [5, 5.41) is 15.7. The third-order valence-electron chi connectivity index (χ3n) is 5.62. The minimum absolute atomic E-state index is 0.0233. The van der Waals surface area contributed by atoms with E-state index in [1.165, 1.54) is 11.3 Å². The summed E-state index contributed by atoms with van der Waals surface area (Å²) in [5.41, 5.74) is 3.56. The van der Waals surface area contributed by atoms with E-state index in [9.17, 15) is 9.90 Å². The number of nitrogens with zero attached hydrogens (tertiary/aromatic N) is 4. The van der Waals surface area contributed by atoms with Crippen molar-refractivity contribution in [3.63, 3.8) is 0 Å². The van der Waals surface area contributed by atoms with Crippen molar-refractivity contribution in [2.45, 2.75) is 25.1 Å². The molecule has 0 bridgehead atoms. The predicted molar refractivity (Wildman–Crippen MR) is 125 cm³/mol. The first kappa shape index (κ1) is 20.4. The molecule has 32 heavy (non-hydrogen) atoms. The van der Waals surface area contributed by atoms with Crippen molar-refractivity contribution in [2.24, 2.45) is 0 Å². The second-order valence-corrected chi connectivity index (χ2v) is 8.66. The normalized spacial score (nSPS) is 18.1. The number of hydrogen-bond acceptors (Lipinski definition) is 6. The molecule has 0 saturated carbocycles. The third-order valence-corrected chi connectivity index (χ3v) is 6.39. The Morgan fingerprint density at radius 2 is 1.94 bits per heavy atom. The molecule has 8 heteroatoms. The molecular formula is C24H23N5O2S. The number of benzene rings is 1. The van der Waals surface area contributed by atoms with Crippen molar-refractivity contribution in [3.8, 4) is 0 Å². The van der Waals surface area contributed by atoms with Crippen molar-refractivity contribution in [3.05, 3.63) is 95.5 Å². The van der Waals surface area contributed by atoms with Crippen LogP contribution >= 0.6 is 11.3 Å². The van der Waals surface area contributed by atoms with E-state index >= 15 is 0 Å². The number of aliphatic hydroxyl groups is 1. The molecule has 0 radical (unpaired) electrons. The molecule has 1 aromatic carbocycles. The summed E-state index contributed by atoms with van der Waals surface area (Å²) in [5.74, 6) is -0.198. The van der Waals surface area contributed by atoms with Gasteiger partial charge in [-0.25, -0.2) is 4.98 Å². The molecule has 7 nitrogen and oxygen atoms in total. The second kappa shape index (κ2) is 8.94. The number of anilines is 2. The quantitative estimate of drug-likeness (QED) is 0.470. The number of amides is 1. The Hall–Kier alpha value is -3.49. The van der Waals surface area contributed by atoms with E-state index < -0.39 is 6.10 Å². The number of carbonyl (C=O) groups excluding carboxylic acids is 1. The molecular weight excluding hydrogens is 422 g/mol. The lowest BCUT2D eigenvalue weighted by atomic mass is 10.1. The van der Waals surface area contributed by atoms with E-state index in [1.807, 2.05) is 64.7 Å². The zero-order valence-corrected chi connectivity index (χ0v) is 18.2. The fraction of sp³-hybridized carbons (Fsp3) is 0.208. The highest BCUT2D eigenvalue weighted by Crippen LogP contribution is 2.37. The van der Waals surface area contributed by atoms with Gasteiger partial charge in [0.2, 0.25) is 0 Å². The fourth-order valence-corrected chi connectivity index (χ4v) is 4.85. The summed E-state index contributed by atoms with van der Waals surface area (Å²) in [6.07, 6.45) is 5.58. The Morgan fingerprint density at radius 1 is 1.12 bits per heavy atom. The van der Waals surface area contributed by atoms with E-state index in [4.69, 9.17) is 0 Å². The van der Waals surface area contributed by atoms with Crippen LogP contribution in [-0.2, 0) is 6.54 Å². The predicted octanol–water partition coefficient (Wildman–Crippen LogP) is 3.95. The van der Waals surface area contributed by atoms with Crippen molar-refractivity contribution >= 4 is 28.1 Å². The van der Waals surface area contributed by atoms with Crippen LogP contribution in [0.3, 0.4) is 0 Å². The van der Waals surface area contributed by atoms with Gasteiger partial charge in [-0.15, -0.1) is 11.3 Å². The minimum Gasteiger partial charge on any atom is -0.391 e. The highest BCUT2D eigenvalue weighted by molar-refractivity contribution is 7.14. The Kier molecular flexibility index (Phi) is 5.70. The van der Waals surface area contributed by atoms with Gasteiger partial charge in [0.15, 0.2) is 5.13 Å². The van der Waals surface area contributed by atoms with Crippen LogP contribution in [0.5, 0.6) is 0 Å². The van der Waals surface area contributed by atoms with Crippen molar-refractivity contribution in [1.29, 1.82) is 0 Å². The van der Waals surface area contributed by atoms with Crippen molar-refractivity contribution in [1.82, 2.24) is 14.5 Å². The number of pyridine rings is 1. The number of aliphatic hydroxyl groups excluding tert-OH is 1. The highest BCUT2D eigenvalue weighted by atomic mass is 32.1. The summed E-state index contributed by atoms with van der Waals surface area (Å²) < 4.78 is 1.91. The lowest BCUT2D eigenvalue weighted by molar-refractivity contribution is 0.101. The van der Waals surface area contributed by atoms with Crippen LogP contribution in [0.2, 0.25) is 0 Å². The Morgan fingerprint density at radius 3 is 2.75 bits per heavy atom. The monoisotopic (exact) mass is 445 g/mol. The lowest BCUT2D eigenvalue weighted by Gasteiger charge is -2.25. The Bertz CT molecular complexity index is 1190. The van der Waals surface area contributed by atoms with Crippen molar-refractivity contribution < 1.29 is 9.90 Å². The van der Waals surface area contributed by atoms with E-state index in [0.717, 1.165) is 16.9 Å². The number of rotatable bonds is 6. The molecule has 4 heterocycles. The fourth-order valence-electron chi connectivity index (χ4n) is 4.10. The lowest BCUT2D eigenvalue weighted by Crippen LogP contribution is -2.24. The molecule has 1 aliphatic rings. The van der Waals surface area contributed by atoms with Crippen LogP contribution in [0.4, 0.5) is 10.8 Å². The van der Waals surface area contributed by atoms with E-state index in [-0.39, 0.29) is 11.9 Å². The Labute approximate surface area is 190 Å². The van der Waals surface area contributed by atoms with Gasteiger partial charge in [0.05, 0.1) is 17.8 Å². The van der Waals surface area contributed by atoms with Crippen LogP contribution in [0.15, 0.2) is 78.6 Å². The van der Waals surface area contributed by atoms with Gasteiger partial charge in [0.25, 0.3) is 5.91 Å². The number of hydrogen-bond donors (Lipinski definition) is 2. The third kappa shape index (κ3) is 4.28. The van der Waals surface area contributed by atoms with Gasteiger partial charge in [0.1, 0.15) is 5.69 Å². The average Bonchev–Trinajstić information content (AvgIpc) is 3.55. The topological polar surface area (TPSA) is 83.3 Å². The summed E-state index contributed by atoms with van der Waals surface area (Å²) in [7, 11) is 0. The van der Waals surface area contributed by atoms with Gasteiger partial charge in [-0.05, 0) is 42.0 Å². The molecule has 2 atom stereocenters. The molecule has 1 fully saturated rings. The molecule has 0 unspecified atom stereocenters. The Balaban J connectivity index is 1.31. The first-order valence-electron chi connectivity index (χ1n) is 10.5. The minimum atomic E-state index is -0.406. The number of thiazole rings is 1. The van der Waals surface area contributed by atoms with Crippen LogP contribution in [0.25, 0.3) is 0 Å². The smallest absolute Gasteiger partial charge is 0.274 e. The number of β-amino-alcohol motifs (C(OH)–C–C–N with tert-alkyl or cyclic N) is 1. The molecule has 1 amide bonds. The summed E-state index contributed by atoms with van der Waals surface area (Å²) in [6.45, 7) is 1.16. The maximum Gasteiger partial charge on any atom is 0.274 e. The molecule has 2 N–H and O–H groups in total. The largest absolute Gasteiger partial charge is 0.391 e. The number of aromatic nitrogens is 3. The molecule has 1 saturated heterocycles. The zero-order valence-electron chi connectivity index (χ0n) is 17.3. The average molecular weight is 446 g/mol. The van der Waals surface area contributed by atoms with E-state index in [2.05, 4.69) is 20.2 Å². The first-order chi connectivity index (χ1) is 15.7. The summed E-state index contributed by atoms with van der Waals surface area (Å²) in [6, 6.07) is 17.5. The standard InChI is InChI=1S/C24H23N5O2S/c30-19-13-22(29(15-19)18-5-2-1-3-6-18)20-16-32-24(26-20)27-23(31)21-7-4-12-28(21)14-17-8-10-25-11-9-17/h1-12,16,19,22,30H,13-15H2,(H,26,27,31)/t19-,22+/m0/s1. The van der Waals surface area contributed by atoms with Gasteiger partial charge in [-0.2, -0.15) is 0 Å². The molecule has 1 aliphatic heterocycles. The maximum atomic E-state index is 12.9. The molecule has 0 spiro atoms. The molecule has 4 aromatic rings. The van der Waals surface area contributed by atoms with Crippen LogP contribution in [0, 0.1) is 0 Å². The highest BCUT2D eigenvalue weighted by Gasteiger charge is 2.33. The first-order valence-corrected chi connectivity index (χ1v) is 11.4. The summed E-state index contributed by atoms with van der Waals surface area (Å²) >= 11 is 1.40. The number of nitrogens with one attached hydrogen (secondary N) is 1. The SMILES string of the molecule is O=C(Nc1nc([C@H]2C[C@H](O)CN2c2ccccc2)cs1)c1cccn1Cc1ccncc1. The van der Waals surface area contributed by atoms with E-state index in [0.29, 0.717) is 30.3 Å². The molecule has 3 aromatic heterocycles. The van der Waals surface area contributed by atoms with Crippen LogP contribution < -0.4 is 10.2 Å². The summed E-state index contributed by atoms with van der Waals surface area (Å²) in [4.78, 5) is 23.8. The number of para-hydroxylation sites is 1. The van der Waals surface area contributed by atoms with Gasteiger partial charge in [-0.1, -0.05) is 18.2 Å². The molecule has 0 aliphatic carbocycles. The maximum absolute atomic E-state index is 12.9. The van der Waals surface area contributed by atoms with Crippen LogP contribution in [0.1, 0.15) is 34.2 Å². The van der Waals surface area contributed by atoms with Gasteiger partial charge >= 0.3 is 0 Å². The van der Waals surface area contributed by atoms with E-state index in [1.54, 1.807) is 18.5 Å². The van der Waals surface area contributed by atoms with Gasteiger partial charge < -0.3 is 14.6 Å².